The molecule has 108 valence electrons. The highest BCUT2D eigenvalue weighted by Crippen LogP contribution is 2.22. The maximum atomic E-state index is 13.5. The van der Waals surface area contributed by atoms with Crippen LogP contribution in [0.25, 0.3) is 0 Å². The second-order valence-electron chi connectivity index (χ2n) is 4.36. The van der Waals surface area contributed by atoms with Crippen LogP contribution in [0.1, 0.15) is 13.8 Å². The number of anilines is 1. The smallest absolute Gasteiger partial charge is 0.264 e. The van der Waals surface area contributed by atoms with Gasteiger partial charge in [-0.05, 0) is 24.1 Å². The lowest BCUT2D eigenvalue weighted by atomic mass is 10.3. The summed E-state index contributed by atoms with van der Waals surface area (Å²) in [4.78, 5) is -0.694. The van der Waals surface area contributed by atoms with Crippen molar-refractivity contribution in [1.82, 2.24) is 0 Å². The third kappa shape index (κ3) is 4.96. The minimum atomic E-state index is -4.19. The average molecular weight is 330 g/mol. The number of sulfonamides is 1. The Labute approximate surface area is 116 Å². The third-order valence-corrected chi connectivity index (χ3v) is 5.03. The zero-order chi connectivity index (χ0) is 14.8. The largest absolute Gasteiger partial charge is 0.283 e. The van der Waals surface area contributed by atoms with E-state index in [0.29, 0.717) is 0 Å². The predicted octanol–water partition coefficient (Wildman–Crippen LogP) is 2.15. The summed E-state index contributed by atoms with van der Waals surface area (Å²) in [5, 5.41) is 0. The molecule has 0 heterocycles. The maximum absolute atomic E-state index is 13.5. The van der Waals surface area contributed by atoms with Crippen LogP contribution in [-0.4, -0.2) is 22.6 Å². The molecule has 0 saturated carbocycles. The fourth-order valence-electron chi connectivity index (χ4n) is 1.42. The number of nitrogens with one attached hydrogen (secondary N) is 1. The highest BCUT2D eigenvalue weighted by molar-refractivity contribution is 8.13. The molecule has 0 aromatic heterocycles. The first kappa shape index (κ1) is 16.2. The zero-order valence-electron chi connectivity index (χ0n) is 10.2. The van der Waals surface area contributed by atoms with E-state index >= 15 is 0 Å². The molecule has 0 aliphatic heterocycles. The van der Waals surface area contributed by atoms with Gasteiger partial charge in [-0.1, -0.05) is 13.8 Å². The Hall–Kier alpha value is -0.860. The van der Waals surface area contributed by atoms with Crippen LogP contribution in [0, 0.1) is 11.7 Å². The molecule has 0 aliphatic rings. The molecule has 0 spiro atoms. The Morgan fingerprint density at radius 3 is 2.26 bits per heavy atom. The quantitative estimate of drug-likeness (QED) is 0.839. The van der Waals surface area contributed by atoms with Gasteiger partial charge in [-0.3, -0.25) is 4.72 Å². The molecule has 0 unspecified atom stereocenters. The summed E-state index contributed by atoms with van der Waals surface area (Å²) in [5.74, 6) is -1.32. The van der Waals surface area contributed by atoms with Crippen molar-refractivity contribution in [2.75, 3.05) is 10.5 Å². The minimum Gasteiger partial charge on any atom is -0.283 e. The summed E-state index contributed by atoms with van der Waals surface area (Å²) in [6, 6.07) is 2.81. The van der Waals surface area contributed by atoms with E-state index in [1.54, 1.807) is 13.8 Å². The van der Waals surface area contributed by atoms with Crippen molar-refractivity contribution in [2.24, 2.45) is 5.92 Å². The van der Waals surface area contributed by atoms with E-state index in [4.69, 9.17) is 10.7 Å². The number of halogens is 2. The van der Waals surface area contributed by atoms with E-state index in [1.165, 1.54) is 0 Å². The van der Waals surface area contributed by atoms with E-state index in [0.717, 1.165) is 18.2 Å². The Morgan fingerprint density at radius 2 is 1.84 bits per heavy atom. The maximum Gasteiger partial charge on any atom is 0.264 e. The Bertz CT molecular complexity index is 671. The molecule has 0 atom stereocenters. The summed E-state index contributed by atoms with van der Waals surface area (Å²) in [6.45, 7) is 3.45. The van der Waals surface area contributed by atoms with Gasteiger partial charge in [0, 0.05) is 10.7 Å². The molecular weight excluding hydrogens is 317 g/mol. The molecule has 0 amide bonds. The molecule has 0 fully saturated rings. The second kappa shape index (κ2) is 5.64. The van der Waals surface area contributed by atoms with Crippen LogP contribution in [0.3, 0.4) is 0 Å². The van der Waals surface area contributed by atoms with E-state index in [-0.39, 0.29) is 17.4 Å². The monoisotopic (exact) mass is 329 g/mol. The molecular formula is C10H13ClFNO4S2. The van der Waals surface area contributed by atoms with Crippen LogP contribution >= 0.6 is 10.7 Å². The van der Waals surface area contributed by atoms with Gasteiger partial charge in [-0.25, -0.2) is 21.2 Å². The van der Waals surface area contributed by atoms with Crippen LogP contribution in [-0.2, 0) is 19.1 Å². The van der Waals surface area contributed by atoms with Crippen LogP contribution in [0.4, 0.5) is 10.1 Å². The molecule has 1 aromatic carbocycles. The third-order valence-electron chi connectivity index (χ3n) is 2.02. The lowest BCUT2D eigenvalue weighted by Gasteiger charge is -2.10. The lowest BCUT2D eigenvalue weighted by molar-refractivity contribution is 0.576. The van der Waals surface area contributed by atoms with E-state index in [2.05, 4.69) is 4.72 Å². The summed E-state index contributed by atoms with van der Waals surface area (Å²) in [5.41, 5.74) is -0.0535. The molecule has 1 rings (SSSR count). The number of rotatable bonds is 5. The van der Waals surface area contributed by atoms with E-state index in [1.807, 2.05) is 0 Å². The van der Waals surface area contributed by atoms with E-state index in [9.17, 15) is 21.2 Å². The normalized spacial score (nSPS) is 12.7. The summed E-state index contributed by atoms with van der Waals surface area (Å²) in [6.07, 6.45) is 0. The average Bonchev–Trinajstić information content (AvgIpc) is 2.11. The fourth-order valence-corrected chi connectivity index (χ4v) is 3.77. The summed E-state index contributed by atoms with van der Waals surface area (Å²) < 4.78 is 60.9. The minimum absolute atomic E-state index is 0.0535. The summed E-state index contributed by atoms with van der Waals surface area (Å²) in [7, 11) is -2.78. The van der Waals surface area contributed by atoms with Crippen molar-refractivity contribution >= 4 is 35.4 Å². The number of hydrogen-bond acceptors (Lipinski definition) is 4. The molecule has 0 saturated heterocycles. The topological polar surface area (TPSA) is 80.3 Å². The van der Waals surface area contributed by atoms with Gasteiger partial charge in [0.2, 0.25) is 10.0 Å². The molecule has 1 aromatic rings. The van der Waals surface area contributed by atoms with Crippen LogP contribution in [0.2, 0.25) is 0 Å². The van der Waals surface area contributed by atoms with Crippen molar-refractivity contribution in [2.45, 2.75) is 18.7 Å². The van der Waals surface area contributed by atoms with Gasteiger partial charge in [-0.2, -0.15) is 0 Å². The van der Waals surface area contributed by atoms with Crippen LogP contribution in [0.5, 0.6) is 0 Å². The van der Waals surface area contributed by atoms with Gasteiger partial charge in [0.15, 0.2) is 0 Å². The molecule has 0 radical (unpaired) electrons. The molecule has 5 nitrogen and oxygen atoms in total. The number of hydrogen-bond donors (Lipinski definition) is 1. The van der Waals surface area contributed by atoms with Gasteiger partial charge >= 0.3 is 0 Å². The van der Waals surface area contributed by atoms with Crippen molar-refractivity contribution in [3.05, 3.63) is 24.0 Å². The van der Waals surface area contributed by atoms with Crippen molar-refractivity contribution < 1.29 is 21.2 Å². The van der Waals surface area contributed by atoms with Crippen molar-refractivity contribution in [3.63, 3.8) is 0 Å². The molecule has 19 heavy (non-hydrogen) atoms. The lowest BCUT2D eigenvalue weighted by Crippen LogP contribution is -2.20. The van der Waals surface area contributed by atoms with E-state index < -0.39 is 29.8 Å². The van der Waals surface area contributed by atoms with Crippen molar-refractivity contribution in [3.8, 4) is 0 Å². The van der Waals surface area contributed by atoms with Gasteiger partial charge < -0.3 is 0 Å². The van der Waals surface area contributed by atoms with Crippen LogP contribution < -0.4 is 4.72 Å². The Morgan fingerprint density at radius 1 is 1.26 bits per heavy atom. The zero-order valence-corrected chi connectivity index (χ0v) is 12.6. The fraction of sp³-hybridized carbons (Fsp3) is 0.400. The standard InChI is InChI=1S/C10H13ClFNO4S2/c1-7(2)6-18(14,15)13-8-3-4-10(9(12)5-8)19(11,16)17/h3-5,7,13H,6H2,1-2H3. The van der Waals surface area contributed by atoms with Gasteiger partial charge in [-0.15, -0.1) is 0 Å². The molecule has 0 aliphatic carbocycles. The first-order chi connectivity index (χ1) is 8.51. The summed E-state index contributed by atoms with van der Waals surface area (Å²) >= 11 is 0. The first-order valence-corrected chi connectivity index (χ1v) is 9.22. The number of benzene rings is 1. The van der Waals surface area contributed by atoms with Gasteiger partial charge in [0.05, 0.1) is 11.4 Å². The molecule has 0 bridgehead atoms. The highest BCUT2D eigenvalue weighted by Gasteiger charge is 2.18. The molecule has 1 N–H and O–H groups in total. The highest BCUT2D eigenvalue weighted by atomic mass is 35.7. The van der Waals surface area contributed by atoms with Gasteiger partial charge in [0.1, 0.15) is 10.7 Å². The second-order valence-corrected chi connectivity index (χ2v) is 8.66. The van der Waals surface area contributed by atoms with Gasteiger partial charge in [0.25, 0.3) is 9.05 Å². The Balaban J connectivity index is 3.04. The molecule has 9 heteroatoms. The SMILES string of the molecule is CC(C)CS(=O)(=O)Nc1ccc(S(=O)(=O)Cl)c(F)c1. The Kier molecular flexibility index (Phi) is 4.81. The van der Waals surface area contributed by atoms with Crippen molar-refractivity contribution in [1.29, 1.82) is 0 Å². The first-order valence-electron chi connectivity index (χ1n) is 5.26. The van der Waals surface area contributed by atoms with Crippen LogP contribution in [0.15, 0.2) is 23.1 Å². The predicted molar refractivity (Wildman–Crippen MR) is 71.7 cm³/mol.